The highest BCUT2D eigenvalue weighted by Gasteiger charge is 2.37. The predicted molar refractivity (Wildman–Crippen MR) is 67.1 cm³/mol. The van der Waals surface area contributed by atoms with E-state index in [1.54, 1.807) is 0 Å². The minimum absolute atomic E-state index is 0.241. The van der Waals surface area contributed by atoms with E-state index in [0.29, 0.717) is 6.54 Å². The van der Waals surface area contributed by atoms with Gasteiger partial charge < -0.3 is 10.4 Å². The first-order valence-corrected chi connectivity index (χ1v) is 6.52. The lowest BCUT2D eigenvalue weighted by atomic mass is 9.83. The molecule has 0 bridgehead atoms. The molecule has 19 heavy (non-hydrogen) atoms. The van der Waals surface area contributed by atoms with Crippen LogP contribution in [0.3, 0.4) is 0 Å². The number of fused-ring (bicyclic) bond motifs is 1. The Morgan fingerprint density at radius 1 is 1.32 bits per heavy atom. The van der Waals surface area contributed by atoms with E-state index >= 15 is 0 Å². The second-order valence-electron chi connectivity index (χ2n) is 5.00. The molecule has 2 rings (SSSR count). The Balaban J connectivity index is 1.88. The van der Waals surface area contributed by atoms with Crippen LogP contribution in [0.5, 0.6) is 0 Å². The van der Waals surface area contributed by atoms with Crippen molar-refractivity contribution in [1.29, 1.82) is 0 Å². The maximum absolute atomic E-state index is 12.2. The first kappa shape index (κ1) is 14.3. The summed E-state index contributed by atoms with van der Waals surface area (Å²) in [6.45, 7) is 0.0340. The Kier molecular flexibility index (Phi) is 4.47. The van der Waals surface area contributed by atoms with Crippen LogP contribution in [0.4, 0.5) is 13.2 Å². The van der Waals surface area contributed by atoms with Crippen molar-refractivity contribution in [3.63, 3.8) is 0 Å². The molecular formula is C14H18F3NO. The predicted octanol–water partition coefficient (Wildman–Crippen LogP) is 2.62. The van der Waals surface area contributed by atoms with Crippen LogP contribution in [0.25, 0.3) is 0 Å². The molecule has 0 heterocycles. The molecule has 0 saturated carbocycles. The molecule has 0 spiro atoms. The number of aliphatic hydroxyl groups is 1. The Morgan fingerprint density at radius 2 is 2.05 bits per heavy atom. The third-order valence-electron chi connectivity index (χ3n) is 3.60. The number of aryl methyl sites for hydroxylation is 1. The highest BCUT2D eigenvalue weighted by Crippen LogP contribution is 2.30. The maximum Gasteiger partial charge on any atom is 0.415 e. The summed E-state index contributed by atoms with van der Waals surface area (Å²) in [5.41, 5.74) is 2.51. The molecule has 1 aliphatic rings. The van der Waals surface area contributed by atoms with Gasteiger partial charge in [-0.05, 0) is 36.3 Å². The number of alkyl halides is 3. The molecule has 0 aromatic heterocycles. The second kappa shape index (κ2) is 5.92. The lowest BCUT2D eigenvalue weighted by molar-refractivity contribution is -0.201. The highest BCUT2D eigenvalue weighted by molar-refractivity contribution is 5.32. The van der Waals surface area contributed by atoms with Gasteiger partial charge in [0.1, 0.15) is 0 Å². The van der Waals surface area contributed by atoms with Crippen molar-refractivity contribution in [3.05, 3.63) is 35.4 Å². The highest BCUT2D eigenvalue weighted by atomic mass is 19.4. The SMILES string of the molecule is OC(CNCC1CCCc2ccccc21)C(F)(F)F. The Bertz CT molecular complexity index is 419. The third kappa shape index (κ3) is 3.70. The van der Waals surface area contributed by atoms with Gasteiger partial charge in [-0.25, -0.2) is 0 Å². The van der Waals surface area contributed by atoms with E-state index < -0.39 is 18.8 Å². The average Bonchev–Trinajstić information content (AvgIpc) is 2.38. The van der Waals surface area contributed by atoms with Crippen molar-refractivity contribution < 1.29 is 18.3 Å². The van der Waals surface area contributed by atoms with Gasteiger partial charge in [0.2, 0.25) is 0 Å². The average molecular weight is 273 g/mol. The minimum Gasteiger partial charge on any atom is -0.382 e. The molecule has 5 heteroatoms. The number of rotatable bonds is 4. The van der Waals surface area contributed by atoms with E-state index in [-0.39, 0.29) is 5.92 Å². The molecular weight excluding hydrogens is 255 g/mol. The maximum atomic E-state index is 12.2. The molecule has 1 aliphatic carbocycles. The summed E-state index contributed by atoms with van der Waals surface area (Å²) in [6, 6.07) is 8.07. The first-order chi connectivity index (χ1) is 8.98. The van der Waals surface area contributed by atoms with E-state index in [1.165, 1.54) is 11.1 Å². The van der Waals surface area contributed by atoms with Gasteiger partial charge in [0.15, 0.2) is 6.10 Å². The van der Waals surface area contributed by atoms with Gasteiger partial charge in [-0.3, -0.25) is 0 Å². The molecule has 0 saturated heterocycles. The zero-order chi connectivity index (χ0) is 13.9. The van der Waals surface area contributed by atoms with Crippen molar-refractivity contribution >= 4 is 0 Å². The van der Waals surface area contributed by atoms with Gasteiger partial charge in [0, 0.05) is 13.1 Å². The van der Waals surface area contributed by atoms with Gasteiger partial charge in [-0.15, -0.1) is 0 Å². The summed E-state index contributed by atoms with van der Waals surface area (Å²) in [5.74, 6) is 0.241. The normalized spacial score (nSPS) is 20.9. The van der Waals surface area contributed by atoms with E-state index in [1.807, 2.05) is 18.2 Å². The fourth-order valence-corrected chi connectivity index (χ4v) is 2.58. The van der Waals surface area contributed by atoms with Gasteiger partial charge in [-0.1, -0.05) is 24.3 Å². The molecule has 2 N–H and O–H groups in total. The van der Waals surface area contributed by atoms with Crippen LogP contribution in [-0.2, 0) is 6.42 Å². The topological polar surface area (TPSA) is 32.3 Å². The molecule has 2 unspecified atom stereocenters. The molecule has 0 fully saturated rings. The quantitative estimate of drug-likeness (QED) is 0.884. The monoisotopic (exact) mass is 273 g/mol. The van der Waals surface area contributed by atoms with Gasteiger partial charge in [0.05, 0.1) is 0 Å². The van der Waals surface area contributed by atoms with E-state index in [0.717, 1.165) is 19.3 Å². The standard InChI is InChI=1S/C14H18F3NO/c15-14(16,17)13(19)9-18-8-11-6-3-5-10-4-1-2-7-12(10)11/h1-2,4,7,11,13,18-19H,3,5-6,8-9H2. The third-order valence-corrected chi connectivity index (χ3v) is 3.60. The van der Waals surface area contributed by atoms with Gasteiger partial charge in [0.25, 0.3) is 0 Å². The van der Waals surface area contributed by atoms with Crippen molar-refractivity contribution in [2.45, 2.75) is 37.5 Å². The number of hydrogen-bond acceptors (Lipinski definition) is 2. The van der Waals surface area contributed by atoms with Crippen LogP contribution in [0.1, 0.15) is 29.9 Å². The Hall–Kier alpha value is -1.07. The Morgan fingerprint density at radius 3 is 2.79 bits per heavy atom. The molecule has 0 aliphatic heterocycles. The largest absolute Gasteiger partial charge is 0.415 e. The molecule has 106 valence electrons. The van der Waals surface area contributed by atoms with Crippen LogP contribution < -0.4 is 5.32 Å². The van der Waals surface area contributed by atoms with Crippen molar-refractivity contribution in [2.75, 3.05) is 13.1 Å². The van der Waals surface area contributed by atoms with Crippen molar-refractivity contribution in [3.8, 4) is 0 Å². The fourth-order valence-electron chi connectivity index (χ4n) is 2.58. The van der Waals surface area contributed by atoms with Crippen molar-refractivity contribution in [1.82, 2.24) is 5.32 Å². The number of hydrogen-bond donors (Lipinski definition) is 2. The van der Waals surface area contributed by atoms with Crippen molar-refractivity contribution in [2.24, 2.45) is 0 Å². The van der Waals surface area contributed by atoms with Crippen LogP contribution in [0.15, 0.2) is 24.3 Å². The van der Waals surface area contributed by atoms with Crippen LogP contribution in [0, 0.1) is 0 Å². The summed E-state index contributed by atoms with van der Waals surface area (Å²) < 4.78 is 36.5. The number of aliphatic hydroxyl groups excluding tert-OH is 1. The second-order valence-corrected chi connectivity index (χ2v) is 5.00. The van der Waals surface area contributed by atoms with E-state index in [9.17, 15) is 13.2 Å². The fraction of sp³-hybridized carbons (Fsp3) is 0.571. The van der Waals surface area contributed by atoms with Crippen LogP contribution in [0.2, 0.25) is 0 Å². The number of benzene rings is 1. The molecule has 0 amide bonds. The zero-order valence-corrected chi connectivity index (χ0v) is 10.6. The number of nitrogens with one attached hydrogen (secondary N) is 1. The molecule has 0 radical (unpaired) electrons. The van der Waals surface area contributed by atoms with E-state index in [4.69, 9.17) is 5.11 Å². The summed E-state index contributed by atoms with van der Waals surface area (Å²) in [6.07, 6.45) is -3.75. The first-order valence-electron chi connectivity index (χ1n) is 6.52. The number of halogens is 3. The molecule has 2 atom stereocenters. The van der Waals surface area contributed by atoms with Crippen LogP contribution in [-0.4, -0.2) is 30.5 Å². The summed E-state index contributed by atoms with van der Waals surface area (Å²) >= 11 is 0. The zero-order valence-electron chi connectivity index (χ0n) is 10.6. The lowest BCUT2D eigenvalue weighted by Crippen LogP contribution is -2.39. The summed E-state index contributed by atoms with van der Waals surface area (Å²) in [4.78, 5) is 0. The van der Waals surface area contributed by atoms with Crippen LogP contribution >= 0.6 is 0 Å². The van der Waals surface area contributed by atoms with Gasteiger partial charge >= 0.3 is 6.18 Å². The minimum atomic E-state index is -4.54. The molecule has 2 nitrogen and oxygen atoms in total. The van der Waals surface area contributed by atoms with E-state index in [2.05, 4.69) is 11.4 Å². The molecule has 1 aromatic rings. The van der Waals surface area contributed by atoms with Gasteiger partial charge in [-0.2, -0.15) is 13.2 Å². The smallest absolute Gasteiger partial charge is 0.382 e. The summed E-state index contributed by atoms with van der Waals surface area (Å²) in [5, 5.41) is 11.7. The lowest BCUT2D eigenvalue weighted by Gasteiger charge is -2.26. The Labute approximate surface area is 110 Å². The summed E-state index contributed by atoms with van der Waals surface area (Å²) in [7, 11) is 0. The molecule has 1 aromatic carbocycles.